The molecule has 0 radical (unpaired) electrons. The maximum absolute atomic E-state index is 11.0. The van der Waals surface area contributed by atoms with Gasteiger partial charge in [-0.3, -0.25) is 0 Å². The molecule has 3 aliphatic carbocycles. The van der Waals surface area contributed by atoms with Crippen LogP contribution >= 0.6 is 0 Å². The van der Waals surface area contributed by atoms with Crippen molar-refractivity contribution in [3.63, 3.8) is 0 Å². The molecule has 0 aromatic rings. The van der Waals surface area contributed by atoms with Gasteiger partial charge in [-0.05, 0) is 55.3 Å². The first kappa shape index (κ1) is 15.8. The zero-order chi connectivity index (χ0) is 15.0. The van der Waals surface area contributed by atoms with Gasteiger partial charge in [0.05, 0.1) is 12.2 Å². The van der Waals surface area contributed by atoms with Crippen molar-refractivity contribution in [3.05, 3.63) is 0 Å². The second-order valence-electron chi connectivity index (χ2n) is 8.44. The van der Waals surface area contributed by atoms with E-state index in [1.54, 1.807) is 0 Å². The molecule has 0 spiro atoms. The standard InChI is InChI=1S/C19H34O2/c1-12(2)15-10-8-14-9-11-16(13-6-4-3-5-7-13)19(21)17(14)18(15)20/h12-21H,3-11H2,1-2H3/t14?,15-,16?,17?,18?,19?/m1/s1. The van der Waals surface area contributed by atoms with Crippen LogP contribution in [0, 0.1) is 35.5 Å². The normalized spacial score (nSPS) is 45.6. The summed E-state index contributed by atoms with van der Waals surface area (Å²) in [4.78, 5) is 0. The van der Waals surface area contributed by atoms with E-state index in [1.807, 2.05) is 0 Å². The van der Waals surface area contributed by atoms with Gasteiger partial charge in [0.2, 0.25) is 0 Å². The first-order chi connectivity index (χ1) is 10.1. The largest absolute Gasteiger partial charge is 0.392 e. The molecule has 3 aliphatic rings. The Morgan fingerprint density at radius 3 is 2.05 bits per heavy atom. The number of fused-ring (bicyclic) bond motifs is 1. The fourth-order valence-corrected chi connectivity index (χ4v) is 5.82. The van der Waals surface area contributed by atoms with Gasteiger partial charge in [-0.25, -0.2) is 0 Å². The van der Waals surface area contributed by atoms with Crippen LogP contribution in [0.3, 0.4) is 0 Å². The Hall–Kier alpha value is -0.0800. The van der Waals surface area contributed by atoms with Crippen molar-refractivity contribution < 1.29 is 10.2 Å². The number of aliphatic hydroxyl groups excluding tert-OH is 2. The molecule has 0 amide bonds. The molecular formula is C19H34O2. The first-order valence-corrected chi connectivity index (χ1v) is 9.45. The van der Waals surface area contributed by atoms with Crippen LogP contribution in [0.4, 0.5) is 0 Å². The second kappa shape index (κ2) is 6.58. The van der Waals surface area contributed by atoms with E-state index in [2.05, 4.69) is 13.8 Å². The highest BCUT2D eigenvalue weighted by atomic mass is 16.3. The van der Waals surface area contributed by atoms with E-state index < -0.39 is 0 Å². The molecule has 2 heteroatoms. The highest BCUT2D eigenvalue weighted by molar-refractivity contribution is 4.98. The average molecular weight is 294 g/mol. The lowest BCUT2D eigenvalue weighted by Crippen LogP contribution is -2.53. The monoisotopic (exact) mass is 294 g/mol. The molecule has 0 bridgehead atoms. The summed E-state index contributed by atoms with van der Waals surface area (Å²) in [7, 11) is 0. The summed E-state index contributed by atoms with van der Waals surface area (Å²) < 4.78 is 0. The molecule has 3 saturated carbocycles. The lowest BCUT2D eigenvalue weighted by Gasteiger charge is -2.51. The minimum atomic E-state index is -0.273. The predicted octanol–water partition coefficient (Wildman–Crippen LogP) is 4.00. The van der Waals surface area contributed by atoms with Gasteiger partial charge in [-0.2, -0.15) is 0 Å². The molecule has 0 aliphatic heterocycles. The lowest BCUT2D eigenvalue weighted by atomic mass is 9.57. The number of rotatable bonds is 2. The molecule has 2 N–H and O–H groups in total. The van der Waals surface area contributed by atoms with Gasteiger partial charge < -0.3 is 10.2 Å². The summed E-state index contributed by atoms with van der Waals surface area (Å²) in [6.07, 6.45) is 11.0. The molecule has 0 aromatic heterocycles. The Morgan fingerprint density at radius 1 is 0.714 bits per heavy atom. The highest BCUT2D eigenvalue weighted by Gasteiger charge is 2.49. The second-order valence-corrected chi connectivity index (χ2v) is 8.44. The van der Waals surface area contributed by atoms with E-state index in [0.717, 1.165) is 12.3 Å². The zero-order valence-electron chi connectivity index (χ0n) is 13.9. The maximum Gasteiger partial charge on any atom is 0.0626 e. The number of hydrogen-bond donors (Lipinski definition) is 2. The molecule has 122 valence electrons. The molecule has 3 rings (SSSR count). The Morgan fingerprint density at radius 2 is 1.38 bits per heavy atom. The Kier molecular flexibility index (Phi) is 4.95. The van der Waals surface area contributed by atoms with Gasteiger partial charge in [0.15, 0.2) is 0 Å². The topological polar surface area (TPSA) is 40.5 Å². The fourth-order valence-electron chi connectivity index (χ4n) is 5.82. The maximum atomic E-state index is 11.0. The zero-order valence-corrected chi connectivity index (χ0v) is 13.9. The minimum absolute atomic E-state index is 0.159. The third-order valence-corrected chi connectivity index (χ3v) is 7.06. The molecule has 0 saturated heterocycles. The van der Waals surface area contributed by atoms with Crippen LogP contribution in [-0.4, -0.2) is 22.4 Å². The third kappa shape index (κ3) is 3.03. The molecule has 5 unspecified atom stereocenters. The lowest BCUT2D eigenvalue weighted by molar-refractivity contribution is -0.134. The predicted molar refractivity (Wildman–Crippen MR) is 85.9 cm³/mol. The van der Waals surface area contributed by atoms with Gasteiger partial charge in [-0.1, -0.05) is 46.0 Å². The van der Waals surface area contributed by atoms with E-state index >= 15 is 0 Å². The Labute approximate surface area is 130 Å². The molecular weight excluding hydrogens is 260 g/mol. The van der Waals surface area contributed by atoms with E-state index in [-0.39, 0.29) is 18.1 Å². The molecule has 21 heavy (non-hydrogen) atoms. The van der Waals surface area contributed by atoms with Crippen LogP contribution in [0.25, 0.3) is 0 Å². The number of hydrogen-bond acceptors (Lipinski definition) is 2. The van der Waals surface area contributed by atoms with E-state index in [4.69, 9.17) is 0 Å². The fraction of sp³-hybridized carbons (Fsp3) is 1.00. The third-order valence-electron chi connectivity index (χ3n) is 7.06. The Balaban J connectivity index is 1.72. The van der Waals surface area contributed by atoms with Crippen molar-refractivity contribution in [1.29, 1.82) is 0 Å². The van der Waals surface area contributed by atoms with Gasteiger partial charge in [0.1, 0.15) is 0 Å². The molecule has 2 nitrogen and oxygen atoms in total. The Bertz CT molecular complexity index is 334. The van der Waals surface area contributed by atoms with Crippen molar-refractivity contribution in [2.75, 3.05) is 0 Å². The van der Waals surface area contributed by atoms with Crippen LogP contribution < -0.4 is 0 Å². The first-order valence-electron chi connectivity index (χ1n) is 9.45. The van der Waals surface area contributed by atoms with Gasteiger partial charge in [0.25, 0.3) is 0 Å². The summed E-state index contributed by atoms with van der Waals surface area (Å²) >= 11 is 0. The SMILES string of the molecule is CC(C)[C@H]1CCC2CCC(C3CCCCC3)C(O)C2C1O. The van der Waals surface area contributed by atoms with Gasteiger partial charge >= 0.3 is 0 Å². The van der Waals surface area contributed by atoms with Gasteiger partial charge in [0, 0.05) is 5.92 Å². The van der Waals surface area contributed by atoms with Crippen molar-refractivity contribution in [3.8, 4) is 0 Å². The molecule has 3 fully saturated rings. The summed E-state index contributed by atoms with van der Waals surface area (Å²) in [5, 5.41) is 21.9. The number of aliphatic hydroxyl groups is 2. The summed E-state index contributed by atoms with van der Waals surface area (Å²) in [5.41, 5.74) is 0. The minimum Gasteiger partial charge on any atom is -0.392 e. The van der Waals surface area contributed by atoms with Gasteiger partial charge in [-0.15, -0.1) is 0 Å². The van der Waals surface area contributed by atoms with Crippen LogP contribution in [0.15, 0.2) is 0 Å². The van der Waals surface area contributed by atoms with Crippen LogP contribution in [-0.2, 0) is 0 Å². The smallest absolute Gasteiger partial charge is 0.0626 e. The van der Waals surface area contributed by atoms with E-state index in [0.29, 0.717) is 23.7 Å². The molecule has 6 atom stereocenters. The van der Waals surface area contributed by atoms with Crippen LogP contribution in [0.2, 0.25) is 0 Å². The highest BCUT2D eigenvalue weighted by Crippen LogP contribution is 2.49. The summed E-state index contributed by atoms with van der Waals surface area (Å²) in [5.74, 6) is 2.85. The molecule has 0 heterocycles. The van der Waals surface area contributed by atoms with E-state index in [1.165, 1.54) is 51.4 Å². The summed E-state index contributed by atoms with van der Waals surface area (Å²) in [6, 6.07) is 0. The van der Waals surface area contributed by atoms with Crippen molar-refractivity contribution in [2.45, 2.75) is 83.8 Å². The van der Waals surface area contributed by atoms with E-state index in [9.17, 15) is 10.2 Å². The average Bonchev–Trinajstić information content (AvgIpc) is 2.48. The van der Waals surface area contributed by atoms with Crippen LogP contribution in [0.1, 0.15) is 71.6 Å². The van der Waals surface area contributed by atoms with Crippen molar-refractivity contribution in [2.24, 2.45) is 35.5 Å². The molecule has 0 aromatic carbocycles. The summed E-state index contributed by atoms with van der Waals surface area (Å²) in [6.45, 7) is 4.45. The van der Waals surface area contributed by atoms with Crippen molar-refractivity contribution in [1.82, 2.24) is 0 Å². The van der Waals surface area contributed by atoms with Crippen LogP contribution in [0.5, 0.6) is 0 Å². The quantitative estimate of drug-likeness (QED) is 0.808. The van der Waals surface area contributed by atoms with Crippen molar-refractivity contribution >= 4 is 0 Å².